The van der Waals surface area contributed by atoms with Gasteiger partial charge >= 0.3 is 6.03 Å². The number of rotatable bonds is 3. The Bertz CT molecular complexity index is 607. The molecular weight excluding hydrogens is 249 g/mol. The van der Waals surface area contributed by atoms with Gasteiger partial charge in [-0.05, 0) is 18.2 Å². The van der Waals surface area contributed by atoms with Crippen molar-refractivity contribution in [2.24, 2.45) is 0 Å². The van der Waals surface area contributed by atoms with Crippen molar-refractivity contribution in [3.05, 3.63) is 24.0 Å². The first-order valence-electron chi connectivity index (χ1n) is 5.85. The molecule has 7 heteroatoms. The van der Waals surface area contributed by atoms with Crippen molar-refractivity contribution in [1.29, 1.82) is 0 Å². The van der Waals surface area contributed by atoms with Crippen molar-refractivity contribution in [3.8, 4) is 0 Å². The molecule has 2 aromatic rings. The van der Waals surface area contributed by atoms with E-state index in [4.69, 9.17) is 5.73 Å². The number of nitrogens with zero attached hydrogens (tertiary/aromatic N) is 3. The number of hydrogen-bond acceptors (Lipinski definition) is 3. The highest BCUT2D eigenvalue weighted by Crippen LogP contribution is 2.18. The molecule has 0 bridgehead atoms. The molecule has 1 aromatic carbocycles. The average molecular weight is 265 g/mol. The second-order valence-electron chi connectivity index (χ2n) is 4.38. The molecule has 1 heterocycles. The van der Waals surface area contributed by atoms with Crippen molar-refractivity contribution in [1.82, 2.24) is 19.8 Å². The molecule has 2 rings (SSSR count). The smallest absolute Gasteiger partial charge is 0.316 e. The highest BCUT2D eigenvalue weighted by molar-refractivity contribution is 5.78. The number of amides is 2. The van der Waals surface area contributed by atoms with Gasteiger partial charge in [0.05, 0.1) is 11.0 Å². The minimum Gasteiger partial charge on any atom is -0.369 e. The summed E-state index contributed by atoms with van der Waals surface area (Å²) < 4.78 is 14.9. The Labute approximate surface area is 110 Å². The highest BCUT2D eigenvalue weighted by Gasteiger charge is 2.09. The summed E-state index contributed by atoms with van der Waals surface area (Å²) in [6.07, 6.45) is 0. The van der Waals surface area contributed by atoms with E-state index in [2.05, 4.69) is 10.3 Å². The van der Waals surface area contributed by atoms with E-state index in [9.17, 15) is 9.18 Å². The molecule has 0 aliphatic carbocycles. The van der Waals surface area contributed by atoms with E-state index < -0.39 is 0 Å². The molecule has 0 aliphatic heterocycles. The van der Waals surface area contributed by atoms with E-state index >= 15 is 0 Å². The molecule has 3 N–H and O–H groups in total. The lowest BCUT2D eigenvalue weighted by Gasteiger charge is -2.12. The van der Waals surface area contributed by atoms with Crippen molar-refractivity contribution >= 4 is 23.0 Å². The Morgan fingerprint density at radius 1 is 1.53 bits per heavy atom. The summed E-state index contributed by atoms with van der Waals surface area (Å²) >= 11 is 0. The number of halogens is 1. The fourth-order valence-corrected chi connectivity index (χ4v) is 1.78. The predicted molar refractivity (Wildman–Crippen MR) is 71.2 cm³/mol. The molecule has 0 unspecified atom stereocenters. The summed E-state index contributed by atoms with van der Waals surface area (Å²) in [6.45, 7) is 0.828. The van der Waals surface area contributed by atoms with Crippen LogP contribution in [0.3, 0.4) is 0 Å². The first-order valence-corrected chi connectivity index (χ1v) is 5.85. The third-order valence-corrected chi connectivity index (χ3v) is 2.76. The van der Waals surface area contributed by atoms with Crippen LogP contribution in [0.15, 0.2) is 18.2 Å². The van der Waals surface area contributed by atoms with E-state index in [-0.39, 0.29) is 11.8 Å². The topological polar surface area (TPSA) is 76.2 Å². The van der Waals surface area contributed by atoms with Crippen LogP contribution in [0.2, 0.25) is 0 Å². The van der Waals surface area contributed by atoms with E-state index in [1.807, 2.05) is 0 Å². The molecule has 0 fully saturated rings. The Kier molecular flexibility index (Phi) is 3.55. The Morgan fingerprint density at radius 2 is 2.26 bits per heavy atom. The number of aromatic nitrogens is 2. The third kappa shape index (κ3) is 2.75. The quantitative estimate of drug-likeness (QED) is 0.870. The van der Waals surface area contributed by atoms with E-state index in [0.717, 1.165) is 0 Å². The second kappa shape index (κ2) is 5.13. The van der Waals surface area contributed by atoms with Gasteiger partial charge in [0, 0.05) is 27.2 Å². The molecule has 0 saturated carbocycles. The summed E-state index contributed by atoms with van der Waals surface area (Å²) in [5.41, 5.74) is 7.05. The zero-order chi connectivity index (χ0) is 14.0. The summed E-state index contributed by atoms with van der Waals surface area (Å²) in [4.78, 5) is 17.0. The van der Waals surface area contributed by atoms with Crippen LogP contribution in [-0.2, 0) is 6.54 Å². The van der Waals surface area contributed by atoms with Gasteiger partial charge in [-0.1, -0.05) is 0 Å². The van der Waals surface area contributed by atoms with Crippen molar-refractivity contribution in [2.45, 2.75) is 6.54 Å². The Morgan fingerprint density at radius 3 is 2.95 bits per heavy atom. The molecule has 0 aliphatic rings. The van der Waals surface area contributed by atoms with Crippen LogP contribution < -0.4 is 11.1 Å². The molecule has 102 valence electrons. The van der Waals surface area contributed by atoms with Crippen LogP contribution in [0, 0.1) is 5.82 Å². The first-order chi connectivity index (χ1) is 8.99. The second-order valence-corrected chi connectivity index (χ2v) is 4.38. The lowest BCUT2D eigenvalue weighted by Crippen LogP contribution is -2.36. The molecule has 6 nitrogen and oxygen atoms in total. The average Bonchev–Trinajstić information content (AvgIpc) is 2.65. The number of carbonyl (C=O) groups excluding carboxylic acids is 1. The maximum atomic E-state index is 13.2. The lowest BCUT2D eigenvalue weighted by atomic mass is 10.3. The predicted octanol–water partition coefficient (Wildman–Crippen LogP) is 1.03. The third-order valence-electron chi connectivity index (χ3n) is 2.76. The van der Waals surface area contributed by atoms with Gasteiger partial charge in [0.25, 0.3) is 0 Å². The van der Waals surface area contributed by atoms with Gasteiger partial charge in [-0.25, -0.2) is 14.2 Å². The number of carbonyl (C=O) groups is 1. The van der Waals surface area contributed by atoms with Crippen LogP contribution >= 0.6 is 0 Å². The summed E-state index contributed by atoms with van der Waals surface area (Å²) in [5.74, 6) is -0.0364. The summed E-state index contributed by atoms with van der Waals surface area (Å²) in [7, 11) is 3.32. The molecular formula is C12H16FN5O. The molecule has 0 atom stereocenters. The van der Waals surface area contributed by atoms with Crippen LogP contribution in [-0.4, -0.2) is 41.1 Å². The van der Waals surface area contributed by atoms with Gasteiger partial charge in [0.2, 0.25) is 5.95 Å². The number of nitrogens with one attached hydrogen (secondary N) is 1. The number of nitrogens with two attached hydrogens (primary N) is 1. The van der Waals surface area contributed by atoms with Crippen molar-refractivity contribution in [2.75, 3.05) is 26.4 Å². The fraction of sp³-hybridized carbons (Fsp3) is 0.333. The van der Waals surface area contributed by atoms with E-state index in [1.165, 1.54) is 17.0 Å². The number of imidazole rings is 1. The SMILES string of the molecule is CN(C)C(=O)NCCn1c(N)nc2ccc(F)cc21. The van der Waals surface area contributed by atoms with Gasteiger partial charge in [0.1, 0.15) is 5.82 Å². The Hall–Kier alpha value is -2.31. The van der Waals surface area contributed by atoms with Gasteiger partial charge in [0.15, 0.2) is 0 Å². The molecule has 2 amide bonds. The number of fused-ring (bicyclic) bond motifs is 1. The van der Waals surface area contributed by atoms with Crippen molar-refractivity contribution in [3.63, 3.8) is 0 Å². The van der Waals surface area contributed by atoms with Crippen LogP contribution in [0.25, 0.3) is 11.0 Å². The molecule has 0 spiro atoms. The normalized spacial score (nSPS) is 10.7. The molecule has 19 heavy (non-hydrogen) atoms. The number of urea groups is 1. The lowest BCUT2D eigenvalue weighted by molar-refractivity contribution is 0.217. The van der Waals surface area contributed by atoms with Gasteiger partial charge in [-0.15, -0.1) is 0 Å². The summed E-state index contributed by atoms with van der Waals surface area (Å²) in [5, 5.41) is 2.72. The van der Waals surface area contributed by atoms with Gasteiger partial charge < -0.3 is 20.5 Å². The maximum Gasteiger partial charge on any atom is 0.316 e. The maximum absolute atomic E-state index is 13.2. The van der Waals surface area contributed by atoms with Gasteiger partial charge in [-0.2, -0.15) is 0 Å². The van der Waals surface area contributed by atoms with E-state index in [1.54, 1.807) is 24.7 Å². The van der Waals surface area contributed by atoms with Crippen LogP contribution in [0.5, 0.6) is 0 Å². The van der Waals surface area contributed by atoms with Crippen LogP contribution in [0.1, 0.15) is 0 Å². The summed E-state index contributed by atoms with van der Waals surface area (Å²) in [6, 6.07) is 4.11. The number of hydrogen-bond donors (Lipinski definition) is 2. The largest absolute Gasteiger partial charge is 0.369 e. The van der Waals surface area contributed by atoms with Crippen LogP contribution in [0.4, 0.5) is 15.1 Å². The standard InChI is InChI=1S/C12H16FN5O/c1-17(2)12(19)15-5-6-18-10-7-8(13)3-4-9(10)16-11(18)14/h3-4,7H,5-6H2,1-2H3,(H2,14,16)(H,15,19). The highest BCUT2D eigenvalue weighted by atomic mass is 19.1. The Balaban J connectivity index is 2.14. The van der Waals surface area contributed by atoms with E-state index in [0.29, 0.717) is 30.1 Å². The molecule has 1 aromatic heterocycles. The minimum atomic E-state index is -0.342. The van der Waals surface area contributed by atoms with Crippen molar-refractivity contribution < 1.29 is 9.18 Å². The number of nitrogen functional groups attached to an aromatic ring is 1. The zero-order valence-corrected chi connectivity index (χ0v) is 10.9. The molecule has 0 saturated heterocycles. The fourth-order valence-electron chi connectivity index (χ4n) is 1.78. The number of anilines is 1. The van der Waals surface area contributed by atoms with Gasteiger partial charge in [-0.3, -0.25) is 0 Å². The minimum absolute atomic E-state index is 0.186. The monoisotopic (exact) mass is 265 g/mol. The zero-order valence-electron chi connectivity index (χ0n) is 10.9. The molecule has 0 radical (unpaired) electrons. The first kappa shape index (κ1) is 13.1. The number of benzene rings is 1.